The van der Waals surface area contributed by atoms with Gasteiger partial charge in [0.2, 0.25) is 0 Å². The second-order valence-corrected chi connectivity index (χ2v) is 19.4. The molecule has 2 aliphatic rings. The minimum atomic E-state index is -0.0532. The van der Waals surface area contributed by atoms with Crippen LogP contribution in [0.1, 0.15) is 136 Å². The van der Waals surface area contributed by atoms with Crippen LogP contribution in [0.5, 0.6) is 11.5 Å². The molecule has 2 N–H and O–H groups in total. The first-order valence-electron chi connectivity index (χ1n) is 21.3. The number of hydrogen-bond acceptors (Lipinski definition) is 3. The average Bonchev–Trinajstić information content (AvgIpc) is 3.77. The van der Waals surface area contributed by atoms with Crippen LogP contribution in [0.3, 0.4) is 0 Å². The number of fused-ring (bicyclic) bond motifs is 1. The Bertz CT molecular complexity index is 1810. The van der Waals surface area contributed by atoms with E-state index in [9.17, 15) is 0 Å². The van der Waals surface area contributed by atoms with E-state index in [1.165, 1.54) is 64.4 Å². The normalized spacial score (nSPS) is 12.9. The molecule has 0 amide bonds. The maximum atomic E-state index is 9.16. The predicted molar refractivity (Wildman–Crippen MR) is 250 cm³/mol. The molecule has 0 aromatic heterocycles. The third-order valence-corrected chi connectivity index (χ3v) is 9.02. The first-order chi connectivity index (χ1) is 26.7. The number of rotatable bonds is 8. The molecule has 0 saturated carbocycles. The Morgan fingerprint density at radius 3 is 1.58 bits per heavy atom. The fourth-order valence-corrected chi connectivity index (χ4v) is 6.61. The molecule has 0 atom stereocenters. The Morgan fingerprint density at radius 1 is 0.561 bits per heavy atom. The van der Waals surface area contributed by atoms with E-state index in [1.54, 1.807) is 6.07 Å². The second-order valence-electron chi connectivity index (χ2n) is 19.4. The molecule has 0 spiro atoms. The fourth-order valence-electron chi connectivity index (χ4n) is 6.61. The van der Waals surface area contributed by atoms with E-state index in [0.717, 1.165) is 43.1 Å². The van der Waals surface area contributed by atoms with Crippen LogP contribution in [0.15, 0.2) is 120 Å². The van der Waals surface area contributed by atoms with E-state index in [2.05, 4.69) is 186 Å². The molecule has 1 aliphatic carbocycles. The van der Waals surface area contributed by atoms with Crippen LogP contribution in [0.25, 0.3) is 5.57 Å². The van der Waals surface area contributed by atoms with E-state index >= 15 is 0 Å². The molecule has 4 aromatic carbocycles. The van der Waals surface area contributed by atoms with Gasteiger partial charge in [0.1, 0.15) is 0 Å². The van der Waals surface area contributed by atoms with Gasteiger partial charge in [-0.2, -0.15) is 0 Å². The molecule has 310 valence electrons. The van der Waals surface area contributed by atoms with E-state index < -0.39 is 0 Å². The van der Waals surface area contributed by atoms with Crippen molar-refractivity contribution in [1.29, 1.82) is 0 Å². The lowest BCUT2D eigenvalue weighted by molar-refractivity contribution is 0.403. The van der Waals surface area contributed by atoms with Gasteiger partial charge in [0.15, 0.2) is 11.5 Å². The maximum Gasteiger partial charge on any atom is 0.157 e. The third kappa shape index (κ3) is 22.2. The summed E-state index contributed by atoms with van der Waals surface area (Å²) in [6.07, 6.45) is 14.3. The lowest BCUT2D eigenvalue weighted by Crippen LogP contribution is -2.05. The smallest absolute Gasteiger partial charge is 0.157 e. The molecule has 3 heteroatoms. The van der Waals surface area contributed by atoms with Crippen LogP contribution >= 0.6 is 0 Å². The number of benzene rings is 4. The van der Waals surface area contributed by atoms with E-state index in [4.69, 9.17) is 10.2 Å². The molecular formula is C54H77NO2. The van der Waals surface area contributed by atoms with Crippen molar-refractivity contribution in [3.63, 3.8) is 0 Å². The topological polar surface area (TPSA) is 52.8 Å². The van der Waals surface area contributed by atoms with Crippen molar-refractivity contribution in [3.05, 3.63) is 148 Å². The Hall–Kier alpha value is -4.37. The minimum Gasteiger partial charge on any atom is -0.504 e. The zero-order valence-corrected chi connectivity index (χ0v) is 38.0. The van der Waals surface area contributed by atoms with Gasteiger partial charge < -0.3 is 10.2 Å². The summed E-state index contributed by atoms with van der Waals surface area (Å²) in [5, 5.41) is 18.2. The van der Waals surface area contributed by atoms with Crippen LogP contribution in [0.2, 0.25) is 0 Å². The van der Waals surface area contributed by atoms with Crippen molar-refractivity contribution in [1.82, 2.24) is 0 Å². The predicted octanol–water partition coefficient (Wildman–Crippen LogP) is 15.2. The fraction of sp³-hybridized carbons (Fsp3) is 0.463. The molecule has 3 nitrogen and oxygen atoms in total. The van der Waals surface area contributed by atoms with Gasteiger partial charge in [0, 0.05) is 18.3 Å². The first kappa shape index (κ1) is 48.8. The average molecular weight is 772 g/mol. The molecule has 6 rings (SSSR count). The van der Waals surface area contributed by atoms with Crippen LogP contribution in [0, 0.1) is 35.5 Å². The summed E-state index contributed by atoms with van der Waals surface area (Å²) in [6.45, 7) is 29.0. The van der Waals surface area contributed by atoms with Crippen molar-refractivity contribution >= 4 is 11.8 Å². The number of aliphatic imine (C=N–C) groups is 1. The highest BCUT2D eigenvalue weighted by Gasteiger charge is 2.19. The zero-order valence-electron chi connectivity index (χ0n) is 38.0. The number of hydrogen-bond donors (Lipinski definition) is 2. The van der Waals surface area contributed by atoms with Crippen LogP contribution in [0.4, 0.5) is 0 Å². The number of aryl methyl sites for hydroxylation is 1. The number of nitrogens with zero attached hydrogens (tertiary/aromatic N) is 1. The van der Waals surface area contributed by atoms with Crippen molar-refractivity contribution in [3.8, 4) is 11.5 Å². The summed E-state index contributed by atoms with van der Waals surface area (Å²) in [5.74, 6) is 2.00. The Labute approximate surface area is 349 Å². The van der Waals surface area contributed by atoms with Crippen molar-refractivity contribution in [2.75, 3.05) is 0 Å². The molecule has 0 bridgehead atoms. The van der Waals surface area contributed by atoms with Crippen LogP contribution < -0.4 is 0 Å². The molecule has 0 fully saturated rings. The van der Waals surface area contributed by atoms with Gasteiger partial charge in [0.05, 0.1) is 0 Å². The van der Waals surface area contributed by atoms with E-state index in [1.807, 2.05) is 12.3 Å². The van der Waals surface area contributed by atoms with Gasteiger partial charge in [-0.3, -0.25) is 4.99 Å². The van der Waals surface area contributed by atoms with Gasteiger partial charge in [-0.25, -0.2) is 0 Å². The largest absolute Gasteiger partial charge is 0.504 e. The van der Waals surface area contributed by atoms with E-state index in [-0.39, 0.29) is 11.5 Å². The summed E-state index contributed by atoms with van der Waals surface area (Å²) >= 11 is 0. The number of aromatic hydroxyl groups is 2. The van der Waals surface area contributed by atoms with Gasteiger partial charge in [-0.1, -0.05) is 186 Å². The molecule has 1 aliphatic heterocycles. The lowest BCUT2D eigenvalue weighted by Gasteiger charge is -2.19. The number of phenols is 2. The quantitative estimate of drug-likeness (QED) is 0.175. The molecule has 0 saturated heterocycles. The Kier molecular flexibility index (Phi) is 20.9. The molecule has 4 aromatic rings. The highest BCUT2D eigenvalue weighted by molar-refractivity contribution is 5.73. The number of allylic oxidation sites excluding steroid dienone is 4. The summed E-state index contributed by atoms with van der Waals surface area (Å²) in [5.41, 5.74) is 11.8. The van der Waals surface area contributed by atoms with Gasteiger partial charge >= 0.3 is 0 Å². The molecular weight excluding hydrogens is 695 g/mol. The minimum absolute atomic E-state index is 0.0341. The molecule has 0 unspecified atom stereocenters. The van der Waals surface area contributed by atoms with Crippen LogP contribution in [-0.2, 0) is 25.7 Å². The Balaban J connectivity index is 0.000000247. The standard InChI is InChI=1S/C14H18.C11H16.C10H14O2.C10H14.C9H15N/c1-14(2,3)10-12-9-8-11-6-4-5-7-13(11)12;1-9(2)8-11-6-4-10(3)5-7-11;1-7(2)5-8-3-4-9(11)10(12)6-8;1-9(2)8-10-6-4-3-5-7-10;1-9(2,3)7-8-5-4-6-10-8/h4-7,9H,8,10H2,1-3H3;4-7,9H,8H2,1-3H3;3-4,6-7,11-12H,5H2,1-2H3;3-7,9H,8H2,1-2H3;5-6H,4,7H2,1-3H3. The monoisotopic (exact) mass is 772 g/mol. The highest BCUT2D eigenvalue weighted by atomic mass is 16.3. The maximum absolute atomic E-state index is 9.16. The van der Waals surface area contributed by atoms with Gasteiger partial charge in [-0.15, -0.1) is 0 Å². The summed E-state index contributed by atoms with van der Waals surface area (Å²) in [6, 6.07) is 33.1. The molecule has 57 heavy (non-hydrogen) atoms. The third-order valence-electron chi connectivity index (χ3n) is 9.02. The first-order valence-corrected chi connectivity index (χ1v) is 21.3. The molecule has 0 radical (unpaired) electrons. The summed E-state index contributed by atoms with van der Waals surface area (Å²) in [7, 11) is 0. The zero-order chi connectivity index (χ0) is 42.6. The van der Waals surface area contributed by atoms with Crippen LogP contribution in [-0.4, -0.2) is 16.4 Å². The second kappa shape index (κ2) is 24.4. The highest BCUT2D eigenvalue weighted by Crippen LogP contribution is 2.36. The van der Waals surface area contributed by atoms with Gasteiger partial charge in [0.25, 0.3) is 0 Å². The van der Waals surface area contributed by atoms with Gasteiger partial charge in [-0.05, 0) is 120 Å². The van der Waals surface area contributed by atoms with Crippen molar-refractivity contribution in [2.24, 2.45) is 33.6 Å². The van der Waals surface area contributed by atoms with Crippen molar-refractivity contribution in [2.45, 2.75) is 135 Å². The summed E-state index contributed by atoms with van der Waals surface area (Å²) < 4.78 is 0. The van der Waals surface area contributed by atoms with Crippen molar-refractivity contribution < 1.29 is 10.2 Å². The lowest BCUT2D eigenvalue weighted by atomic mass is 9.86. The Morgan fingerprint density at radius 2 is 1.07 bits per heavy atom. The number of phenolic OH excluding ortho intramolecular Hbond substituents is 2. The van der Waals surface area contributed by atoms with E-state index in [0.29, 0.717) is 16.7 Å². The summed E-state index contributed by atoms with van der Waals surface area (Å²) in [4.78, 5) is 4.26. The molecule has 1 heterocycles. The SMILES string of the molecule is CC(C)(C)CC1=CCC=N1.CC(C)(C)CC1=CCc2ccccc21.CC(C)Cc1ccc(O)c(O)c1.CC(C)Cc1ccccc1.Cc1ccc(CC(C)C)cc1.